The summed E-state index contributed by atoms with van der Waals surface area (Å²) in [5.74, 6) is 2.32. The van der Waals surface area contributed by atoms with Gasteiger partial charge in [-0.15, -0.1) is 0 Å². The molecule has 0 saturated heterocycles. The van der Waals surface area contributed by atoms with E-state index in [-0.39, 0.29) is 0 Å². The van der Waals surface area contributed by atoms with Crippen LogP contribution in [0.2, 0.25) is 0 Å². The van der Waals surface area contributed by atoms with Crippen molar-refractivity contribution in [2.45, 2.75) is 0 Å². The summed E-state index contributed by atoms with van der Waals surface area (Å²) in [6, 6.07) is 3.46. The van der Waals surface area contributed by atoms with Gasteiger partial charge in [0.1, 0.15) is 11.4 Å². The molecule has 0 aliphatic rings. The number of ether oxygens (including phenoxy) is 4. The van der Waals surface area contributed by atoms with Gasteiger partial charge in [-0.3, -0.25) is 20.0 Å². The summed E-state index contributed by atoms with van der Waals surface area (Å²) in [7, 11) is 6.29. The zero-order valence-electron chi connectivity index (χ0n) is 15.3. The second-order valence-electron chi connectivity index (χ2n) is 4.93. The second kappa shape index (κ2) is 9.97. The highest BCUT2D eigenvalue weighted by molar-refractivity contribution is 5.83. The Balaban J connectivity index is 1.97. The number of aliphatic imine (C=N–C) groups is 2. The van der Waals surface area contributed by atoms with E-state index in [1.807, 2.05) is 0 Å². The SMILES string of the molecule is COc1ccnc(/C=N\CC/N=C\c2nccc(OC)c2OC)c1OC. The molecule has 8 nitrogen and oxygen atoms in total. The number of hydrogen-bond donors (Lipinski definition) is 0. The monoisotopic (exact) mass is 358 g/mol. The number of pyridine rings is 2. The van der Waals surface area contributed by atoms with E-state index < -0.39 is 0 Å². The fourth-order valence-corrected chi connectivity index (χ4v) is 2.22. The van der Waals surface area contributed by atoms with Gasteiger partial charge in [0.2, 0.25) is 0 Å². The van der Waals surface area contributed by atoms with Gasteiger partial charge in [0, 0.05) is 24.5 Å². The summed E-state index contributed by atoms with van der Waals surface area (Å²) in [6.07, 6.45) is 6.56. The zero-order valence-corrected chi connectivity index (χ0v) is 15.3. The van der Waals surface area contributed by atoms with Crippen LogP contribution >= 0.6 is 0 Å². The lowest BCUT2D eigenvalue weighted by Gasteiger charge is -2.08. The smallest absolute Gasteiger partial charge is 0.188 e. The summed E-state index contributed by atoms with van der Waals surface area (Å²) in [5, 5.41) is 0. The van der Waals surface area contributed by atoms with Crippen molar-refractivity contribution in [1.82, 2.24) is 9.97 Å². The maximum Gasteiger partial charge on any atom is 0.188 e. The van der Waals surface area contributed by atoms with Gasteiger partial charge in [-0.05, 0) is 0 Å². The molecule has 0 fully saturated rings. The summed E-state index contributed by atoms with van der Waals surface area (Å²) in [4.78, 5) is 17.1. The third-order valence-electron chi connectivity index (χ3n) is 3.43. The van der Waals surface area contributed by atoms with Gasteiger partial charge in [0.15, 0.2) is 23.0 Å². The normalized spacial score (nSPS) is 11.1. The molecule has 8 heteroatoms. The van der Waals surface area contributed by atoms with Gasteiger partial charge in [-0.25, -0.2) is 0 Å². The van der Waals surface area contributed by atoms with Gasteiger partial charge in [0.05, 0.1) is 54.0 Å². The van der Waals surface area contributed by atoms with E-state index in [4.69, 9.17) is 18.9 Å². The van der Waals surface area contributed by atoms with Crippen LogP contribution in [0.25, 0.3) is 0 Å². The van der Waals surface area contributed by atoms with Crippen LogP contribution in [0.15, 0.2) is 34.5 Å². The lowest BCUT2D eigenvalue weighted by atomic mass is 10.3. The van der Waals surface area contributed by atoms with Crippen molar-refractivity contribution in [3.8, 4) is 23.0 Å². The maximum absolute atomic E-state index is 5.31. The Morgan fingerprint density at radius 1 is 0.731 bits per heavy atom. The van der Waals surface area contributed by atoms with Crippen LogP contribution in [-0.4, -0.2) is 63.9 Å². The third-order valence-corrected chi connectivity index (χ3v) is 3.43. The zero-order chi connectivity index (χ0) is 18.8. The van der Waals surface area contributed by atoms with E-state index in [2.05, 4.69) is 20.0 Å². The summed E-state index contributed by atoms with van der Waals surface area (Å²) < 4.78 is 21.1. The Morgan fingerprint density at radius 2 is 1.15 bits per heavy atom. The molecule has 0 spiro atoms. The van der Waals surface area contributed by atoms with Crippen molar-refractivity contribution in [3.63, 3.8) is 0 Å². The molecule has 0 N–H and O–H groups in total. The Bertz CT molecular complexity index is 712. The molecule has 2 heterocycles. The molecule has 0 atom stereocenters. The van der Waals surface area contributed by atoms with Gasteiger partial charge >= 0.3 is 0 Å². The van der Waals surface area contributed by atoms with Crippen molar-refractivity contribution >= 4 is 12.4 Å². The predicted molar refractivity (Wildman–Crippen MR) is 99.6 cm³/mol. The topological polar surface area (TPSA) is 87.4 Å². The van der Waals surface area contributed by atoms with Crippen LogP contribution in [0.1, 0.15) is 11.4 Å². The number of hydrogen-bond acceptors (Lipinski definition) is 8. The molecule has 0 unspecified atom stereocenters. The minimum absolute atomic E-state index is 0.491. The lowest BCUT2D eigenvalue weighted by molar-refractivity contribution is 0.353. The third kappa shape index (κ3) is 4.69. The molecule has 0 amide bonds. The van der Waals surface area contributed by atoms with Crippen LogP contribution in [0, 0.1) is 0 Å². The van der Waals surface area contributed by atoms with Gasteiger partial charge in [0.25, 0.3) is 0 Å². The van der Waals surface area contributed by atoms with Gasteiger partial charge < -0.3 is 18.9 Å². The first-order chi connectivity index (χ1) is 12.7. The summed E-state index contributed by atoms with van der Waals surface area (Å²) in [6.45, 7) is 0.982. The molecule has 138 valence electrons. The van der Waals surface area contributed by atoms with E-state index in [9.17, 15) is 0 Å². The van der Waals surface area contributed by atoms with E-state index in [0.717, 1.165) is 0 Å². The predicted octanol–water partition coefficient (Wildman–Crippen LogP) is 2.05. The Hall–Kier alpha value is -3.16. The van der Waals surface area contributed by atoms with Gasteiger partial charge in [-0.2, -0.15) is 0 Å². The molecule has 0 bridgehead atoms. The van der Waals surface area contributed by atoms with Crippen LogP contribution in [0.4, 0.5) is 0 Å². The molecule has 0 radical (unpaired) electrons. The molecule has 0 aliphatic heterocycles. The minimum atomic E-state index is 0.491. The highest BCUT2D eigenvalue weighted by atomic mass is 16.5. The Labute approximate surface area is 152 Å². The highest BCUT2D eigenvalue weighted by Crippen LogP contribution is 2.28. The number of methoxy groups -OCH3 is 4. The van der Waals surface area contributed by atoms with E-state index in [0.29, 0.717) is 47.5 Å². The quantitative estimate of drug-likeness (QED) is 0.504. The first-order valence-corrected chi connectivity index (χ1v) is 7.88. The largest absolute Gasteiger partial charge is 0.493 e. The molecule has 2 aromatic rings. The van der Waals surface area contributed by atoms with Crippen LogP contribution in [-0.2, 0) is 0 Å². The van der Waals surface area contributed by atoms with Crippen molar-refractivity contribution in [1.29, 1.82) is 0 Å². The molecule has 0 saturated carbocycles. The number of aromatic nitrogens is 2. The van der Waals surface area contributed by atoms with Gasteiger partial charge in [-0.1, -0.05) is 0 Å². The van der Waals surface area contributed by atoms with Crippen molar-refractivity contribution < 1.29 is 18.9 Å². The number of nitrogens with zero attached hydrogens (tertiary/aromatic N) is 4. The average molecular weight is 358 g/mol. The Kier molecular flexibility index (Phi) is 7.35. The molecule has 0 aromatic carbocycles. The van der Waals surface area contributed by atoms with E-state index in [1.165, 1.54) is 0 Å². The standard InChI is InChI=1S/C18H22N4O4/c1-23-15-5-7-21-13(17(15)25-3)11-19-9-10-20-12-14-18(26-4)16(24-2)6-8-22-14/h5-8,11-12H,9-10H2,1-4H3/b19-11-,20-12-. The molecular formula is C18H22N4O4. The molecular weight excluding hydrogens is 336 g/mol. The van der Waals surface area contributed by atoms with Crippen LogP contribution in [0.5, 0.6) is 23.0 Å². The minimum Gasteiger partial charge on any atom is -0.493 e. The van der Waals surface area contributed by atoms with Crippen LogP contribution < -0.4 is 18.9 Å². The van der Waals surface area contributed by atoms with E-state index >= 15 is 0 Å². The van der Waals surface area contributed by atoms with Crippen LogP contribution in [0.3, 0.4) is 0 Å². The Morgan fingerprint density at radius 3 is 1.50 bits per heavy atom. The fourth-order valence-electron chi connectivity index (χ4n) is 2.22. The van der Waals surface area contributed by atoms with E-state index in [1.54, 1.807) is 65.4 Å². The van der Waals surface area contributed by atoms with Crippen molar-refractivity contribution in [3.05, 3.63) is 35.9 Å². The molecule has 2 rings (SSSR count). The molecule has 2 aromatic heterocycles. The van der Waals surface area contributed by atoms with Crippen molar-refractivity contribution in [2.24, 2.45) is 9.98 Å². The summed E-state index contributed by atoms with van der Waals surface area (Å²) >= 11 is 0. The molecule has 0 aliphatic carbocycles. The first kappa shape index (κ1) is 19.2. The highest BCUT2D eigenvalue weighted by Gasteiger charge is 2.09. The van der Waals surface area contributed by atoms with Crippen molar-refractivity contribution in [2.75, 3.05) is 41.5 Å². The molecule has 26 heavy (non-hydrogen) atoms. The summed E-state index contributed by atoms with van der Waals surface area (Å²) in [5.41, 5.74) is 1.21. The first-order valence-electron chi connectivity index (χ1n) is 7.88. The average Bonchev–Trinajstić information content (AvgIpc) is 2.69. The fraction of sp³-hybridized carbons (Fsp3) is 0.333. The maximum atomic E-state index is 5.31. The lowest BCUT2D eigenvalue weighted by Crippen LogP contribution is -2.00. The second-order valence-corrected chi connectivity index (χ2v) is 4.93. The number of rotatable bonds is 9.